The quantitative estimate of drug-likeness (QED) is 0.322. The van der Waals surface area contributed by atoms with Gasteiger partial charge in [-0.15, -0.1) is 24.0 Å². The molecule has 1 atom stereocenters. The molecule has 0 bridgehead atoms. The molecule has 0 spiro atoms. The van der Waals surface area contributed by atoms with Crippen LogP contribution in [0.5, 0.6) is 0 Å². The molecular formula is C22H28F3IN4O. The lowest BCUT2D eigenvalue weighted by Crippen LogP contribution is -2.40. The molecule has 0 aliphatic carbocycles. The molecule has 170 valence electrons. The normalized spacial score (nSPS) is 16.5. The summed E-state index contributed by atoms with van der Waals surface area (Å²) >= 11 is 0. The van der Waals surface area contributed by atoms with Gasteiger partial charge in [-0.2, -0.15) is 13.2 Å². The van der Waals surface area contributed by atoms with Crippen molar-refractivity contribution in [3.8, 4) is 0 Å². The largest absolute Gasteiger partial charge is 0.416 e. The minimum atomic E-state index is -4.36. The number of alkyl halides is 3. The van der Waals surface area contributed by atoms with Crippen molar-refractivity contribution in [3.63, 3.8) is 0 Å². The molecular weight excluding hydrogens is 520 g/mol. The van der Waals surface area contributed by atoms with Crippen molar-refractivity contribution in [2.45, 2.75) is 26.1 Å². The lowest BCUT2D eigenvalue weighted by Gasteiger charge is -2.34. The zero-order chi connectivity index (χ0) is 21.7. The number of anilines is 1. The van der Waals surface area contributed by atoms with E-state index >= 15 is 0 Å². The van der Waals surface area contributed by atoms with Crippen LogP contribution in [-0.4, -0.2) is 43.7 Å². The number of rotatable bonds is 5. The molecule has 1 aliphatic heterocycles. The van der Waals surface area contributed by atoms with Gasteiger partial charge in [0, 0.05) is 18.8 Å². The van der Waals surface area contributed by atoms with E-state index in [0.717, 1.165) is 34.5 Å². The Morgan fingerprint density at radius 1 is 1.10 bits per heavy atom. The summed E-state index contributed by atoms with van der Waals surface area (Å²) in [6.07, 6.45) is -4.36. The number of ether oxygens (including phenoxy) is 1. The predicted molar refractivity (Wildman–Crippen MR) is 128 cm³/mol. The molecule has 0 saturated carbocycles. The first kappa shape index (κ1) is 25.4. The van der Waals surface area contributed by atoms with Crippen LogP contribution in [0.2, 0.25) is 0 Å². The van der Waals surface area contributed by atoms with E-state index in [9.17, 15) is 13.2 Å². The molecule has 0 radical (unpaired) electrons. The standard InChI is InChI=1S/C22H27F3N4O.HI/c1-15-11-16(2)13-19(12-15)28-21(26)27-14-20(29-7-9-30-10-8-29)17-3-5-18(6-4-17)22(23,24)25;/h3-6,11-13,20H,7-10,14H2,1-2H3,(H3,26,27,28);1H. The van der Waals surface area contributed by atoms with E-state index < -0.39 is 11.7 Å². The van der Waals surface area contributed by atoms with Gasteiger partial charge in [0.1, 0.15) is 0 Å². The highest BCUT2D eigenvalue weighted by Gasteiger charge is 2.31. The van der Waals surface area contributed by atoms with Crippen LogP contribution in [0.4, 0.5) is 18.9 Å². The Kier molecular flexibility index (Phi) is 9.14. The number of nitrogens with two attached hydrogens (primary N) is 1. The molecule has 0 amide bonds. The molecule has 2 aromatic rings. The zero-order valence-electron chi connectivity index (χ0n) is 17.6. The molecule has 1 saturated heterocycles. The van der Waals surface area contributed by atoms with E-state index in [1.54, 1.807) is 0 Å². The van der Waals surface area contributed by atoms with Crippen LogP contribution < -0.4 is 11.1 Å². The Morgan fingerprint density at radius 2 is 1.68 bits per heavy atom. The van der Waals surface area contributed by atoms with E-state index in [1.807, 2.05) is 26.0 Å². The van der Waals surface area contributed by atoms with Crippen molar-refractivity contribution >= 4 is 35.6 Å². The minimum absolute atomic E-state index is 0. The van der Waals surface area contributed by atoms with Crippen LogP contribution >= 0.6 is 24.0 Å². The number of halogens is 4. The second kappa shape index (κ2) is 11.1. The van der Waals surface area contributed by atoms with Crippen LogP contribution in [0.15, 0.2) is 47.5 Å². The highest BCUT2D eigenvalue weighted by Crippen LogP contribution is 2.31. The number of hydrogen-bond acceptors (Lipinski definition) is 3. The number of nitrogens with one attached hydrogen (secondary N) is 1. The Bertz CT molecular complexity index is 861. The van der Waals surface area contributed by atoms with Crippen molar-refractivity contribution in [1.29, 1.82) is 0 Å². The van der Waals surface area contributed by atoms with E-state index in [2.05, 4.69) is 21.3 Å². The van der Waals surface area contributed by atoms with Crippen molar-refractivity contribution < 1.29 is 17.9 Å². The van der Waals surface area contributed by atoms with Crippen LogP contribution in [0, 0.1) is 13.8 Å². The molecule has 3 N–H and O–H groups in total. The number of aliphatic imine (C=N–C) groups is 1. The molecule has 1 heterocycles. The lowest BCUT2D eigenvalue weighted by molar-refractivity contribution is -0.137. The Hall–Kier alpha value is -1.85. The average molecular weight is 548 g/mol. The van der Waals surface area contributed by atoms with Gasteiger partial charge in [0.25, 0.3) is 0 Å². The molecule has 31 heavy (non-hydrogen) atoms. The van der Waals surface area contributed by atoms with Gasteiger partial charge in [-0.05, 0) is 54.8 Å². The van der Waals surface area contributed by atoms with Crippen LogP contribution in [0.3, 0.4) is 0 Å². The van der Waals surface area contributed by atoms with Gasteiger partial charge in [-0.3, -0.25) is 9.89 Å². The van der Waals surface area contributed by atoms with Gasteiger partial charge in [-0.25, -0.2) is 0 Å². The third kappa shape index (κ3) is 7.36. The van der Waals surface area contributed by atoms with Gasteiger partial charge < -0.3 is 15.8 Å². The summed E-state index contributed by atoms with van der Waals surface area (Å²) in [7, 11) is 0. The highest BCUT2D eigenvalue weighted by atomic mass is 127. The molecule has 1 unspecified atom stereocenters. The number of guanidine groups is 1. The molecule has 1 aliphatic rings. The second-order valence-corrected chi connectivity index (χ2v) is 7.51. The minimum Gasteiger partial charge on any atom is -0.379 e. The van der Waals surface area contributed by atoms with Gasteiger partial charge in [-0.1, -0.05) is 18.2 Å². The van der Waals surface area contributed by atoms with Crippen molar-refractivity contribution in [1.82, 2.24) is 4.90 Å². The molecule has 9 heteroatoms. The summed E-state index contributed by atoms with van der Waals surface area (Å²) in [5.41, 5.74) is 9.28. The fraction of sp³-hybridized carbons (Fsp3) is 0.409. The third-order valence-corrected chi connectivity index (χ3v) is 5.04. The summed E-state index contributed by atoms with van der Waals surface area (Å²) in [6, 6.07) is 11.1. The molecule has 5 nitrogen and oxygen atoms in total. The number of benzene rings is 2. The summed E-state index contributed by atoms with van der Waals surface area (Å²) in [4.78, 5) is 6.65. The SMILES string of the molecule is Cc1cc(C)cc(NC(N)=NCC(c2ccc(C(F)(F)F)cc2)N2CCOCC2)c1.I. The Labute approximate surface area is 197 Å². The highest BCUT2D eigenvalue weighted by molar-refractivity contribution is 14.0. The summed E-state index contributed by atoms with van der Waals surface area (Å²) in [6.45, 7) is 6.87. The average Bonchev–Trinajstić information content (AvgIpc) is 2.68. The number of hydrogen-bond donors (Lipinski definition) is 2. The maximum absolute atomic E-state index is 12.9. The Morgan fingerprint density at radius 3 is 2.23 bits per heavy atom. The van der Waals surface area contributed by atoms with Crippen molar-refractivity contribution in [2.24, 2.45) is 10.7 Å². The van der Waals surface area contributed by atoms with Crippen LogP contribution in [-0.2, 0) is 10.9 Å². The third-order valence-electron chi connectivity index (χ3n) is 5.04. The fourth-order valence-electron chi connectivity index (χ4n) is 3.63. The van der Waals surface area contributed by atoms with Crippen LogP contribution in [0.25, 0.3) is 0 Å². The summed E-state index contributed by atoms with van der Waals surface area (Å²) < 4.78 is 44.2. The lowest BCUT2D eigenvalue weighted by atomic mass is 10.0. The first-order chi connectivity index (χ1) is 14.2. The molecule has 1 fully saturated rings. The van der Waals surface area contributed by atoms with E-state index in [-0.39, 0.29) is 36.0 Å². The topological polar surface area (TPSA) is 62.9 Å². The fourth-order valence-corrected chi connectivity index (χ4v) is 3.63. The first-order valence-electron chi connectivity index (χ1n) is 9.86. The van der Waals surface area contributed by atoms with Crippen LogP contribution in [0.1, 0.15) is 28.3 Å². The van der Waals surface area contributed by atoms with Gasteiger partial charge in [0.2, 0.25) is 0 Å². The summed E-state index contributed by atoms with van der Waals surface area (Å²) in [5.74, 6) is 0.269. The predicted octanol–water partition coefficient (Wildman–Crippen LogP) is 4.74. The monoisotopic (exact) mass is 548 g/mol. The van der Waals surface area contributed by atoms with E-state index in [4.69, 9.17) is 10.5 Å². The Balaban J connectivity index is 0.00000341. The van der Waals surface area contributed by atoms with Gasteiger partial charge >= 0.3 is 6.18 Å². The molecule has 2 aromatic carbocycles. The first-order valence-corrected chi connectivity index (χ1v) is 9.86. The smallest absolute Gasteiger partial charge is 0.379 e. The molecule has 3 rings (SSSR count). The molecule has 0 aromatic heterocycles. The van der Waals surface area contributed by atoms with Gasteiger partial charge in [0.05, 0.1) is 31.4 Å². The maximum atomic E-state index is 12.9. The zero-order valence-corrected chi connectivity index (χ0v) is 19.9. The van der Waals surface area contributed by atoms with E-state index in [1.165, 1.54) is 12.1 Å². The van der Waals surface area contributed by atoms with Gasteiger partial charge in [0.15, 0.2) is 5.96 Å². The summed E-state index contributed by atoms with van der Waals surface area (Å²) in [5, 5.41) is 3.10. The van der Waals surface area contributed by atoms with Crippen molar-refractivity contribution in [3.05, 3.63) is 64.7 Å². The number of nitrogens with zero attached hydrogens (tertiary/aromatic N) is 2. The van der Waals surface area contributed by atoms with Crippen molar-refractivity contribution in [2.75, 3.05) is 38.2 Å². The number of aryl methyl sites for hydroxylation is 2. The maximum Gasteiger partial charge on any atom is 0.416 e. The second-order valence-electron chi connectivity index (χ2n) is 7.51. The van der Waals surface area contributed by atoms with E-state index in [0.29, 0.717) is 32.8 Å². The number of morpholine rings is 1.